The highest BCUT2D eigenvalue weighted by molar-refractivity contribution is 7.46. The quantitative estimate of drug-likeness (QED) is 0.648. The second-order valence-electron chi connectivity index (χ2n) is 2.81. The van der Waals surface area contributed by atoms with Crippen molar-refractivity contribution >= 4 is 13.6 Å². The Morgan fingerprint density at radius 3 is 2.80 bits per heavy atom. The van der Waals surface area contributed by atoms with E-state index in [2.05, 4.69) is 19.8 Å². The van der Waals surface area contributed by atoms with Gasteiger partial charge in [0.15, 0.2) is 0 Å². The first-order chi connectivity index (χ1) is 6.92. The van der Waals surface area contributed by atoms with Crippen LogP contribution < -0.4 is 5.32 Å². The van der Waals surface area contributed by atoms with Crippen molar-refractivity contribution in [3.63, 3.8) is 0 Å². The molecular formula is C7H12N3O4P. The summed E-state index contributed by atoms with van der Waals surface area (Å²) in [6.45, 7) is 1.48. The maximum atomic E-state index is 10.5. The average molecular weight is 233 g/mol. The molecule has 0 radical (unpaired) electrons. The molecule has 0 spiro atoms. The maximum absolute atomic E-state index is 10.5. The first kappa shape index (κ1) is 12.1. The molecule has 3 N–H and O–H groups in total. The molecule has 1 aromatic heterocycles. The van der Waals surface area contributed by atoms with Gasteiger partial charge in [-0.25, -0.2) is 14.5 Å². The highest BCUT2D eigenvalue weighted by Gasteiger charge is 2.15. The Bertz CT molecular complexity index is 392. The Balaban J connectivity index is 2.81. The summed E-state index contributed by atoms with van der Waals surface area (Å²) in [7, 11) is -2.80. The monoisotopic (exact) mass is 233 g/mol. The van der Waals surface area contributed by atoms with Crippen LogP contribution in [0, 0.1) is 6.92 Å². The number of anilines is 1. The number of rotatable bonds is 4. The summed E-state index contributed by atoms with van der Waals surface area (Å²) in [5.41, 5.74) is 0.492. The van der Waals surface area contributed by atoms with Crippen LogP contribution in [0.4, 0.5) is 5.82 Å². The number of phosphoric acid groups is 1. The van der Waals surface area contributed by atoms with Gasteiger partial charge in [0.05, 0.1) is 6.61 Å². The second-order valence-corrected chi connectivity index (χ2v) is 4.04. The Kier molecular flexibility index (Phi) is 3.76. The third kappa shape index (κ3) is 3.93. The number of nitrogens with one attached hydrogen (secondary N) is 1. The lowest BCUT2D eigenvalue weighted by atomic mass is 10.3. The predicted molar refractivity (Wildman–Crippen MR) is 53.1 cm³/mol. The van der Waals surface area contributed by atoms with Crippen molar-refractivity contribution in [3.05, 3.63) is 17.6 Å². The first-order valence-corrected chi connectivity index (χ1v) is 5.66. The lowest BCUT2D eigenvalue weighted by Gasteiger charge is -2.09. The van der Waals surface area contributed by atoms with E-state index >= 15 is 0 Å². The molecule has 15 heavy (non-hydrogen) atoms. The van der Waals surface area contributed by atoms with Crippen LogP contribution in [-0.4, -0.2) is 26.8 Å². The number of nitrogens with zero attached hydrogens (tertiary/aromatic N) is 2. The fourth-order valence-corrected chi connectivity index (χ4v) is 1.28. The second kappa shape index (κ2) is 4.67. The van der Waals surface area contributed by atoms with Crippen LogP contribution in [0.1, 0.15) is 11.4 Å². The van der Waals surface area contributed by atoms with E-state index in [0.29, 0.717) is 17.2 Å². The Morgan fingerprint density at radius 1 is 1.60 bits per heavy atom. The van der Waals surface area contributed by atoms with E-state index in [1.54, 1.807) is 14.0 Å². The topological polar surface area (TPSA) is 105 Å². The van der Waals surface area contributed by atoms with Gasteiger partial charge in [0, 0.05) is 18.8 Å². The van der Waals surface area contributed by atoms with E-state index in [0.717, 1.165) is 0 Å². The number of hydrogen-bond donors (Lipinski definition) is 3. The molecule has 0 aliphatic heterocycles. The molecule has 1 aromatic rings. The van der Waals surface area contributed by atoms with E-state index in [-0.39, 0.29) is 6.61 Å². The molecule has 0 atom stereocenters. The maximum Gasteiger partial charge on any atom is 0.469 e. The SMILES string of the molecule is CNc1nc(C)ncc1COP(=O)(O)O. The summed E-state index contributed by atoms with van der Waals surface area (Å²) >= 11 is 0. The van der Waals surface area contributed by atoms with Crippen LogP contribution in [0.25, 0.3) is 0 Å². The molecule has 0 unspecified atom stereocenters. The molecular weight excluding hydrogens is 221 g/mol. The summed E-state index contributed by atoms with van der Waals surface area (Å²) < 4.78 is 14.8. The third-order valence-corrected chi connectivity index (χ3v) is 2.08. The summed E-state index contributed by atoms with van der Waals surface area (Å²) in [4.78, 5) is 25.0. The van der Waals surface area contributed by atoms with Gasteiger partial charge >= 0.3 is 7.82 Å². The molecule has 0 saturated heterocycles. The predicted octanol–water partition coefficient (Wildman–Crippen LogP) is 0.436. The van der Waals surface area contributed by atoms with Crippen molar-refractivity contribution in [2.45, 2.75) is 13.5 Å². The van der Waals surface area contributed by atoms with Crippen LogP contribution >= 0.6 is 7.82 Å². The number of phosphoric ester groups is 1. The van der Waals surface area contributed by atoms with Crippen LogP contribution in [0.2, 0.25) is 0 Å². The largest absolute Gasteiger partial charge is 0.469 e. The number of aryl methyl sites for hydroxylation is 1. The van der Waals surface area contributed by atoms with Gasteiger partial charge < -0.3 is 15.1 Å². The zero-order valence-corrected chi connectivity index (χ0v) is 9.23. The molecule has 0 saturated carbocycles. The Labute approximate surface area is 86.8 Å². The summed E-state index contributed by atoms with van der Waals surface area (Å²) in [6, 6.07) is 0. The minimum absolute atomic E-state index is 0.235. The minimum Gasteiger partial charge on any atom is -0.373 e. The highest BCUT2D eigenvalue weighted by Crippen LogP contribution is 2.37. The molecule has 0 amide bonds. The smallest absolute Gasteiger partial charge is 0.373 e. The van der Waals surface area contributed by atoms with Crippen molar-refractivity contribution in [1.29, 1.82) is 0 Å². The third-order valence-electron chi connectivity index (χ3n) is 1.61. The van der Waals surface area contributed by atoms with Crippen LogP contribution in [0.5, 0.6) is 0 Å². The van der Waals surface area contributed by atoms with Crippen LogP contribution in [0.15, 0.2) is 6.20 Å². The van der Waals surface area contributed by atoms with E-state index < -0.39 is 7.82 Å². The standard InChI is InChI=1S/C7H12N3O4P/c1-5-9-3-6(7(8-2)10-5)4-14-15(11,12)13/h3H,4H2,1-2H3,(H,8,9,10)(H2,11,12,13). The van der Waals surface area contributed by atoms with Gasteiger partial charge in [-0.1, -0.05) is 0 Å². The Hall–Kier alpha value is -1.01. The fraction of sp³-hybridized carbons (Fsp3) is 0.429. The molecule has 0 aliphatic carbocycles. The van der Waals surface area contributed by atoms with Crippen molar-refractivity contribution < 1.29 is 18.9 Å². The molecule has 8 heteroatoms. The zero-order valence-electron chi connectivity index (χ0n) is 8.34. The lowest BCUT2D eigenvalue weighted by Crippen LogP contribution is -2.03. The normalized spacial score (nSPS) is 11.5. The van der Waals surface area contributed by atoms with Gasteiger partial charge in [0.25, 0.3) is 0 Å². The molecule has 0 fully saturated rings. The Morgan fingerprint density at radius 2 is 2.27 bits per heavy atom. The van der Waals surface area contributed by atoms with Crippen LogP contribution in [-0.2, 0) is 15.7 Å². The molecule has 0 bridgehead atoms. The van der Waals surface area contributed by atoms with Crippen LogP contribution in [0.3, 0.4) is 0 Å². The van der Waals surface area contributed by atoms with E-state index in [1.807, 2.05) is 0 Å². The van der Waals surface area contributed by atoms with Gasteiger partial charge in [-0.05, 0) is 6.92 Å². The number of aromatic nitrogens is 2. The number of hydrogen-bond acceptors (Lipinski definition) is 5. The molecule has 84 valence electrons. The van der Waals surface area contributed by atoms with Crippen molar-refractivity contribution in [2.24, 2.45) is 0 Å². The summed E-state index contributed by atoms with van der Waals surface area (Å²) in [5.74, 6) is 1.07. The van der Waals surface area contributed by atoms with Gasteiger partial charge in [-0.2, -0.15) is 0 Å². The van der Waals surface area contributed by atoms with E-state index in [1.165, 1.54) is 6.20 Å². The summed E-state index contributed by atoms with van der Waals surface area (Å²) in [6.07, 6.45) is 1.46. The van der Waals surface area contributed by atoms with Crippen molar-refractivity contribution in [2.75, 3.05) is 12.4 Å². The van der Waals surface area contributed by atoms with Crippen molar-refractivity contribution in [3.8, 4) is 0 Å². The van der Waals surface area contributed by atoms with Crippen molar-refractivity contribution in [1.82, 2.24) is 9.97 Å². The minimum atomic E-state index is -4.46. The van der Waals surface area contributed by atoms with E-state index in [4.69, 9.17) is 9.79 Å². The van der Waals surface area contributed by atoms with Gasteiger partial charge in [0.1, 0.15) is 11.6 Å². The summed E-state index contributed by atoms with van der Waals surface area (Å²) in [5, 5.41) is 2.79. The van der Waals surface area contributed by atoms with Gasteiger partial charge in [0.2, 0.25) is 0 Å². The molecule has 1 heterocycles. The molecule has 7 nitrogen and oxygen atoms in total. The molecule has 1 rings (SSSR count). The highest BCUT2D eigenvalue weighted by atomic mass is 31.2. The first-order valence-electron chi connectivity index (χ1n) is 4.13. The van der Waals surface area contributed by atoms with E-state index in [9.17, 15) is 4.57 Å². The lowest BCUT2D eigenvalue weighted by molar-refractivity contribution is 0.189. The fourth-order valence-electron chi connectivity index (χ4n) is 0.971. The molecule has 0 aliphatic rings. The molecule has 0 aromatic carbocycles. The van der Waals surface area contributed by atoms with Gasteiger partial charge in [-0.3, -0.25) is 4.52 Å². The zero-order chi connectivity index (χ0) is 11.5. The van der Waals surface area contributed by atoms with Gasteiger partial charge in [-0.15, -0.1) is 0 Å². The average Bonchev–Trinajstić information content (AvgIpc) is 2.14.